The molecular formula is C34H31FI2N2O6S. The molecule has 0 spiro atoms. The van der Waals surface area contributed by atoms with Gasteiger partial charge in [0.1, 0.15) is 18.2 Å². The molecule has 240 valence electrons. The lowest BCUT2D eigenvalue weighted by Gasteiger charge is -2.25. The van der Waals surface area contributed by atoms with Crippen molar-refractivity contribution in [3.63, 3.8) is 0 Å². The summed E-state index contributed by atoms with van der Waals surface area (Å²) in [5.74, 6) is 0.913. The van der Waals surface area contributed by atoms with E-state index in [9.17, 15) is 14.0 Å². The largest absolute Gasteiger partial charge is 0.493 e. The van der Waals surface area contributed by atoms with Crippen LogP contribution in [0.3, 0.4) is 0 Å². The lowest BCUT2D eigenvalue weighted by atomic mass is 9.95. The molecule has 0 saturated heterocycles. The van der Waals surface area contributed by atoms with E-state index in [4.69, 9.17) is 18.9 Å². The number of carbonyl (C=O) groups is 1. The van der Waals surface area contributed by atoms with Gasteiger partial charge in [-0.25, -0.2) is 14.2 Å². The number of allylic oxidation sites excluding steroid dienone is 1. The van der Waals surface area contributed by atoms with Crippen LogP contribution in [0.5, 0.6) is 17.2 Å². The predicted octanol–water partition coefficient (Wildman–Crippen LogP) is 6.52. The molecule has 1 atom stereocenters. The number of benzene rings is 3. The number of fused-ring (bicyclic) bond motifs is 1. The monoisotopic (exact) mass is 868 g/mol. The Hall–Kier alpha value is -3.24. The Bertz CT molecular complexity index is 1980. The van der Waals surface area contributed by atoms with Crippen LogP contribution in [0, 0.1) is 13.0 Å². The Kier molecular flexibility index (Phi) is 10.9. The Labute approximate surface area is 296 Å². The normalized spacial score (nSPS) is 14.6. The zero-order valence-electron chi connectivity index (χ0n) is 25.7. The highest BCUT2D eigenvalue weighted by atomic mass is 127. The van der Waals surface area contributed by atoms with E-state index in [1.165, 1.54) is 23.5 Å². The van der Waals surface area contributed by atoms with Gasteiger partial charge in [-0.15, -0.1) is 0 Å². The van der Waals surface area contributed by atoms with Gasteiger partial charge in [0.25, 0.3) is 5.56 Å². The maximum absolute atomic E-state index is 14.1. The fourth-order valence-electron chi connectivity index (χ4n) is 5.00. The summed E-state index contributed by atoms with van der Waals surface area (Å²) >= 11 is 5.66. The van der Waals surface area contributed by atoms with Crippen molar-refractivity contribution in [3.8, 4) is 17.2 Å². The quantitative estimate of drug-likeness (QED) is 0.133. The van der Waals surface area contributed by atoms with Crippen molar-refractivity contribution in [2.45, 2.75) is 46.4 Å². The second kappa shape index (κ2) is 14.7. The first-order valence-corrected chi connectivity index (χ1v) is 17.4. The maximum Gasteiger partial charge on any atom is 0.338 e. The minimum Gasteiger partial charge on any atom is -0.493 e. The second-order valence-electron chi connectivity index (χ2n) is 10.6. The smallest absolute Gasteiger partial charge is 0.338 e. The van der Waals surface area contributed by atoms with Gasteiger partial charge in [0.15, 0.2) is 16.3 Å². The molecule has 0 aliphatic carbocycles. The first-order chi connectivity index (χ1) is 22.0. The zero-order chi connectivity index (χ0) is 33.1. The van der Waals surface area contributed by atoms with Gasteiger partial charge in [-0.05, 0) is 132 Å². The van der Waals surface area contributed by atoms with Crippen LogP contribution in [0.4, 0.5) is 4.39 Å². The van der Waals surface area contributed by atoms with Crippen molar-refractivity contribution in [1.29, 1.82) is 0 Å². The van der Waals surface area contributed by atoms with Gasteiger partial charge in [-0.3, -0.25) is 9.36 Å². The van der Waals surface area contributed by atoms with E-state index in [1.807, 2.05) is 38.1 Å². The fraction of sp³-hybridized carbons (Fsp3) is 0.265. The summed E-state index contributed by atoms with van der Waals surface area (Å²) in [6.45, 7) is 7.81. The van der Waals surface area contributed by atoms with Crippen LogP contribution >= 0.6 is 56.5 Å². The number of carbonyl (C=O) groups excluding carboxylic acids is 1. The molecule has 0 fully saturated rings. The number of nitrogens with zero attached hydrogens (tertiary/aromatic N) is 2. The molecule has 12 heteroatoms. The van der Waals surface area contributed by atoms with Crippen LogP contribution in [-0.2, 0) is 16.1 Å². The van der Waals surface area contributed by atoms with E-state index in [0.29, 0.717) is 44.4 Å². The first kappa shape index (κ1) is 34.1. The molecule has 2 heterocycles. The van der Waals surface area contributed by atoms with Crippen molar-refractivity contribution < 1.29 is 28.1 Å². The van der Waals surface area contributed by atoms with Gasteiger partial charge in [0.05, 0.1) is 48.8 Å². The van der Waals surface area contributed by atoms with Crippen molar-refractivity contribution in [3.05, 3.63) is 115 Å². The molecule has 4 aromatic rings. The molecule has 0 saturated carbocycles. The van der Waals surface area contributed by atoms with E-state index in [1.54, 1.807) is 49.8 Å². The summed E-state index contributed by atoms with van der Waals surface area (Å²) in [6, 6.07) is 14.7. The number of esters is 1. The van der Waals surface area contributed by atoms with Crippen LogP contribution < -0.4 is 29.1 Å². The van der Waals surface area contributed by atoms with Gasteiger partial charge < -0.3 is 18.9 Å². The number of hydrogen-bond donors (Lipinski definition) is 0. The highest BCUT2D eigenvalue weighted by Gasteiger charge is 2.34. The standard InChI is InChI=1S/C34H31FI2N2O6S/c1-6-43-33(41)29-19(4)38-34-39(30(29)22-9-12-26(45-18(2)3)27(16-22)42-5)32(40)28(46-34)15-21-13-24(36)31(25(37)14-21)44-17-20-7-10-23(35)11-8-20/h7-16,18,30H,6,17H2,1-5H3/b28-15-/t30-/m0/s1. The molecule has 1 aliphatic heterocycles. The third-order valence-electron chi connectivity index (χ3n) is 7.00. The third kappa shape index (κ3) is 7.33. The minimum absolute atomic E-state index is 0.0730. The summed E-state index contributed by atoms with van der Waals surface area (Å²) in [5, 5.41) is 0. The fourth-order valence-corrected chi connectivity index (χ4v) is 8.17. The zero-order valence-corrected chi connectivity index (χ0v) is 30.9. The van der Waals surface area contributed by atoms with E-state index in [-0.39, 0.29) is 29.7 Å². The number of thiazole rings is 1. The summed E-state index contributed by atoms with van der Waals surface area (Å²) < 4.78 is 40.0. The summed E-state index contributed by atoms with van der Waals surface area (Å²) in [6.07, 6.45) is 1.75. The van der Waals surface area contributed by atoms with Crippen LogP contribution in [0.15, 0.2) is 75.7 Å². The van der Waals surface area contributed by atoms with Gasteiger partial charge >= 0.3 is 5.97 Å². The van der Waals surface area contributed by atoms with Gasteiger partial charge in [0.2, 0.25) is 0 Å². The van der Waals surface area contributed by atoms with Crippen molar-refractivity contribution in [2.75, 3.05) is 13.7 Å². The summed E-state index contributed by atoms with van der Waals surface area (Å²) in [4.78, 5) is 32.6. The minimum atomic E-state index is -0.790. The molecular weight excluding hydrogens is 837 g/mol. The van der Waals surface area contributed by atoms with E-state index in [2.05, 4.69) is 50.2 Å². The third-order valence-corrected chi connectivity index (χ3v) is 9.58. The number of methoxy groups -OCH3 is 1. The van der Waals surface area contributed by atoms with Gasteiger partial charge in [-0.2, -0.15) is 0 Å². The number of aromatic nitrogens is 1. The summed E-state index contributed by atoms with van der Waals surface area (Å²) in [7, 11) is 1.55. The van der Waals surface area contributed by atoms with Crippen molar-refractivity contribution in [1.82, 2.24) is 4.57 Å². The molecule has 0 bridgehead atoms. The highest BCUT2D eigenvalue weighted by Crippen LogP contribution is 2.37. The lowest BCUT2D eigenvalue weighted by molar-refractivity contribution is -0.139. The predicted molar refractivity (Wildman–Crippen MR) is 192 cm³/mol. The van der Waals surface area contributed by atoms with Crippen LogP contribution in [-0.4, -0.2) is 30.4 Å². The van der Waals surface area contributed by atoms with E-state index >= 15 is 0 Å². The van der Waals surface area contributed by atoms with Gasteiger partial charge in [-0.1, -0.05) is 29.5 Å². The molecule has 46 heavy (non-hydrogen) atoms. The molecule has 0 N–H and O–H groups in total. The molecule has 3 aromatic carbocycles. The van der Waals surface area contributed by atoms with E-state index in [0.717, 1.165) is 18.3 Å². The Morgan fingerprint density at radius 3 is 2.41 bits per heavy atom. The second-order valence-corrected chi connectivity index (χ2v) is 13.9. The van der Waals surface area contributed by atoms with Gasteiger partial charge in [0, 0.05) is 0 Å². The van der Waals surface area contributed by atoms with Crippen LogP contribution in [0.25, 0.3) is 6.08 Å². The number of halogens is 3. The Morgan fingerprint density at radius 2 is 1.78 bits per heavy atom. The molecule has 8 nitrogen and oxygen atoms in total. The SMILES string of the molecule is CCOC(=O)C1=C(C)N=c2s/c(=C\c3cc(I)c(OCc4ccc(F)cc4)c(I)c3)c(=O)n2[C@H]1c1ccc(OC(C)C)c(OC)c1. The maximum atomic E-state index is 14.1. The molecule has 1 aliphatic rings. The van der Waals surface area contributed by atoms with Crippen molar-refractivity contribution in [2.24, 2.45) is 4.99 Å². The first-order valence-electron chi connectivity index (χ1n) is 14.4. The number of hydrogen-bond acceptors (Lipinski definition) is 8. The van der Waals surface area contributed by atoms with Crippen LogP contribution in [0.1, 0.15) is 50.4 Å². The molecule has 5 rings (SSSR count). The average molecular weight is 869 g/mol. The van der Waals surface area contributed by atoms with Crippen LogP contribution in [0.2, 0.25) is 0 Å². The molecule has 0 radical (unpaired) electrons. The highest BCUT2D eigenvalue weighted by molar-refractivity contribution is 14.1. The molecule has 0 unspecified atom stereocenters. The molecule has 1 aromatic heterocycles. The number of rotatable bonds is 10. The van der Waals surface area contributed by atoms with Crippen molar-refractivity contribution >= 4 is 68.6 Å². The lowest BCUT2D eigenvalue weighted by Crippen LogP contribution is -2.40. The topological polar surface area (TPSA) is 88.4 Å². The average Bonchev–Trinajstić information content (AvgIpc) is 3.30. The van der Waals surface area contributed by atoms with E-state index < -0.39 is 12.0 Å². The number of ether oxygens (including phenoxy) is 4. The Balaban J connectivity index is 1.57. The molecule has 0 amide bonds. The summed E-state index contributed by atoms with van der Waals surface area (Å²) in [5.41, 5.74) is 2.79. The Morgan fingerprint density at radius 1 is 1.09 bits per heavy atom.